The highest BCUT2D eigenvalue weighted by Gasteiger charge is 2.18. The predicted molar refractivity (Wildman–Crippen MR) is 117 cm³/mol. The number of hydrogen-bond acceptors (Lipinski definition) is 4. The van der Waals surface area contributed by atoms with Crippen molar-refractivity contribution < 1.29 is 9.15 Å². The zero-order valence-corrected chi connectivity index (χ0v) is 16.8. The van der Waals surface area contributed by atoms with Crippen LogP contribution in [0.5, 0.6) is 0 Å². The van der Waals surface area contributed by atoms with Gasteiger partial charge in [0.1, 0.15) is 11.0 Å². The summed E-state index contributed by atoms with van der Waals surface area (Å²) in [5, 5.41) is 2.38. The Kier molecular flexibility index (Phi) is 5.26. The number of para-hydroxylation sites is 1. The number of benzene rings is 1. The molecule has 3 aliphatic rings. The van der Waals surface area contributed by atoms with Crippen molar-refractivity contribution in [1.82, 2.24) is 4.90 Å². The minimum atomic E-state index is 0.671. The third kappa shape index (κ3) is 3.64. The van der Waals surface area contributed by atoms with Crippen LogP contribution in [-0.4, -0.2) is 37.7 Å². The first-order chi connectivity index (χ1) is 13.9. The molecule has 0 saturated carbocycles. The minimum absolute atomic E-state index is 0.671. The van der Waals surface area contributed by atoms with Gasteiger partial charge in [0.25, 0.3) is 0 Å². The molecule has 1 aliphatic carbocycles. The molecule has 2 aromatic rings. The first-order valence-electron chi connectivity index (χ1n) is 10.2. The standard InChI is InChI=1S/C24H25NO2S/c1-4-13-25(14-5-1)15-16-26-17-19-12-11-18-7-6-10-22-23(24(18)28-19)20-8-2-3-9-21(20)27-22/h2-3,6-12H,1,4-5,13-17H2. The molecule has 3 nitrogen and oxygen atoms in total. The van der Waals surface area contributed by atoms with Crippen molar-refractivity contribution >= 4 is 33.7 Å². The number of allylic oxidation sites excluding steroid dienone is 4. The maximum Gasteiger partial charge on any atom is 0.136 e. The van der Waals surface area contributed by atoms with Gasteiger partial charge in [0.2, 0.25) is 0 Å². The molecule has 1 fully saturated rings. The Bertz CT molecular complexity index is 1080. The van der Waals surface area contributed by atoms with Crippen LogP contribution < -0.4 is 10.6 Å². The van der Waals surface area contributed by atoms with Crippen LogP contribution in [0, 0.1) is 0 Å². The third-order valence-electron chi connectivity index (χ3n) is 5.56. The van der Waals surface area contributed by atoms with E-state index in [4.69, 9.17) is 9.15 Å². The van der Waals surface area contributed by atoms with E-state index < -0.39 is 0 Å². The van der Waals surface area contributed by atoms with Gasteiger partial charge in [-0.3, -0.25) is 0 Å². The molecule has 2 aliphatic heterocycles. The number of hydrogen-bond donors (Lipinski definition) is 0. The van der Waals surface area contributed by atoms with E-state index >= 15 is 0 Å². The molecule has 3 heterocycles. The summed E-state index contributed by atoms with van der Waals surface area (Å²) < 4.78 is 12.1. The first-order valence-corrected chi connectivity index (χ1v) is 11.0. The van der Waals surface area contributed by atoms with Crippen LogP contribution in [0.25, 0.3) is 22.0 Å². The van der Waals surface area contributed by atoms with Gasteiger partial charge in [-0.15, -0.1) is 0 Å². The summed E-state index contributed by atoms with van der Waals surface area (Å²) in [4.78, 5) is 5.04. The number of rotatable bonds is 5. The second-order valence-corrected chi connectivity index (χ2v) is 8.64. The average Bonchev–Trinajstić information content (AvgIpc) is 3.01. The highest BCUT2D eigenvalue weighted by molar-refractivity contribution is 8.11. The first kappa shape index (κ1) is 18.0. The molecule has 0 spiro atoms. The van der Waals surface area contributed by atoms with Crippen molar-refractivity contribution in [3.8, 4) is 0 Å². The number of furan rings is 1. The van der Waals surface area contributed by atoms with E-state index in [9.17, 15) is 0 Å². The smallest absolute Gasteiger partial charge is 0.136 e. The molecule has 1 aromatic carbocycles. The maximum absolute atomic E-state index is 6.10. The number of likely N-dealkylation sites (tertiary alicyclic amines) is 1. The zero-order valence-electron chi connectivity index (χ0n) is 16.0. The highest BCUT2D eigenvalue weighted by atomic mass is 32.2. The minimum Gasteiger partial charge on any atom is -0.456 e. The van der Waals surface area contributed by atoms with Gasteiger partial charge in [-0.1, -0.05) is 54.6 Å². The number of fused-ring (bicyclic) bond motifs is 4. The normalized spacial score (nSPS) is 19.5. The van der Waals surface area contributed by atoms with E-state index in [1.807, 2.05) is 23.9 Å². The summed E-state index contributed by atoms with van der Waals surface area (Å²) >= 11 is 1.82. The molecule has 28 heavy (non-hydrogen) atoms. The predicted octanol–water partition coefficient (Wildman–Crippen LogP) is 3.95. The molecule has 144 valence electrons. The van der Waals surface area contributed by atoms with Gasteiger partial charge in [0.05, 0.1) is 13.2 Å². The number of piperidine rings is 1. The summed E-state index contributed by atoms with van der Waals surface area (Å²) in [6.45, 7) is 4.97. The van der Waals surface area contributed by atoms with Crippen LogP contribution in [0.15, 0.2) is 63.5 Å². The molecule has 0 unspecified atom stereocenters. The fourth-order valence-corrected chi connectivity index (χ4v) is 5.20. The zero-order chi connectivity index (χ0) is 18.8. The van der Waals surface area contributed by atoms with Gasteiger partial charge in [0.15, 0.2) is 0 Å². The second kappa shape index (κ2) is 8.16. The number of ether oxygens (including phenoxy) is 1. The molecule has 0 amide bonds. The van der Waals surface area contributed by atoms with Crippen molar-refractivity contribution in [3.63, 3.8) is 0 Å². The van der Waals surface area contributed by atoms with E-state index in [-0.39, 0.29) is 0 Å². The number of nitrogens with zero attached hydrogens (tertiary/aromatic N) is 1. The van der Waals surface area contributed by atoms with Crippen molar-refractivity contribution in [2.45, 2.75) is 19.3 Å². The summed E-state index contributed by atoms with van der Waals surface area (Å²) in [6, 6.07) is 8.29. The van der Waals surface area contributed by atoms with Crippen LogP contribution >= 0.6 is 11.8 Å². The lowest BCUT2D eigenvalue weighted by Crippen LogP contribution is -2.32. The van der Waals surface area contributed by atoms with E-state index in [1.54, 1.807) is 0 Å². The third-order valence-corrected chi connectivity index (χ3v) is 6.72. The summed E-state index contributed by atoms with van der Waals surface area (Å²) in [5.74, 6) is 0. The highest BCUT2D eigenvalue weighted by Crippen LogP contribution is 2.37. The maximum atomic E-state index is 6.10. The fraction of sp³-hybridized carbons (Fsp3) is 0.333. The lowest BCUT2D eigenvalue weighted by atomic mass is 10.1. The van der Waals surface area contributed by atoms with Crippen molar-refractivity contribution in [3.05, 3.63) is 69.7 Å². The largest absolute Gasteiger partial charge is 0.456 e. The Morgan fingerprint density at radius 1 is 1.04 bits per heavy atom. The molecular formula is C24H25NO2S. The van der Waals surface area contributed by atoms with Gasteiger partial charge < -0.3 is 14.1 Å². The fourth-order valence-electron chi connectivity index (χ4n) is 4.09. The Labute approximate surface area is 169 Å². The van der Waals surface area contributed by atoms with Crippen LogP contribution in [0.3, 0.4) is 0 Å². The lowest BCUT2D eigenvalue weighted by Gasteiger charge is -2.26. The van der Waals surface area contributed by atoms with Crippen LogP contribution in [0.2, 0.25) is 0 Å². The van der Waals surface area contributed by atoms with E-state index in [0.29, 0.717) is 6.61 Å². The van der Waals surface area contributed by atoms with E-state index in [0.717, 1.165) is 24.2 Å². The molecule has 0 bridgehead atoms. The van der Waals surface area contributed by atoms with E-state index in [1.165, 1.54) is 58.3 Å². The van der Waals surface area contributed by atoms with Crippen LogP contribution in [-0.2, 0) is 4.74 Å². The van der Waals surface area contributed by atoms with Crippen molar-refractivity contribution in [1.29, 1.82) is 0 Å². The van der Waals surface area contributed by atoms with Gasteiger partial charge in [-0.05, 0) is 49.7 Å². The Hall–Kier alpha value is -2.01. The van der Waals surface area contributed by atoms with Gasteiger partial charge >= 0.3 is 0 Å². The SMILES string of the molecule is C1=CC2=CC=C(COCCN3CCCCC3)SC2=c2c(oc3ccccc23)=C1. The molecule has 0 N–H and O–H groups in total. The van der Waals surface area contributed by atoms with Crippen molar-refractivity contribution in [2.75, 3.05) is 32.8 Å². The molecule has 4 heteroatoms. The Balaban J connectivity index is 1.35. The van der Waals surface area contributed by atoms with Crippen LogP contribution in [0.4, 0.5) is 0 Å². The lowest BCUT2D eigenvalue weighted by molar-refractivity contribution is 0.113. The summed E-state index contributed by atoms with van der Waals surface area (Å²) in [7, 11) is 0. The molecule has 0 atom stereocenters. The number of thioether (sulfide) groups is 1. The molecule has 1 saturated heterocycles. The van der Waals surface area contributed by atoms with Crippen LogP contribution in [0.1, 0.15) is 19.3 Å². The van der Waals surface area contributed by atoms with Gasteiger partial charge in [-0.2, -0.15) is 0 Å². The summed E-state index contributed by atoms with van der Waals surface area (Å²) in [6.07, 6.45) is 14.8. The van der Waals surface area contributed by atoms with Gasteiger partial charge in [-0.25, -0.2) is 0 Å². The Morgan fingerprint density at radius 3 is 2.86 bits per heavy atom. The monoisotopic (exact) mass is 391 g/mol. The molecule has 0 radical (unpaired) electrons. The van der Waals surface area contributed by atoms with Crippen molar-refractivity contribution in [2.24, 2.45) is 0 Å². The average molecular weight is 392 g/mol. The second-order valence-electron chi connectivity index (χ2n) is 7.50. The Morgan fingerprint density at radius 2 is 1.93 bits per heavy atom. The van der Waals surface area contributed by atoms with Gasteiger partial charge in [0, 0.05) is 27.0 Å². The molecule has 5 rings (SSSR count). The quantitative estimate of drug-likeness (QED) is 0.721. The molecular weight excluding hydrogens is 366 g/mol. The summed E-state index contributed by atoms with van der Waals surface area (Å²) in [5.41, 5.74) is 3.12. The van der Waals surface area contributed by atoms with E-state index in [2.05, 4.69) is 47.4 Å². The topological polar surface area (TPSA) is 25.6 Å². The molecule has 1 aromatic heterocycles.